The Kier molecular flexibility index (Phi) is 14.2. The maximum atomic E-state index is 11.7. The maximum absolute atomic E-state index is 11.7. The molecule has 0 radical (unpaired) electrons. The van der Waals surface area contributed by atoms with Gasteiger partial charge in [0.2, 0.25) is 0 Å². The fourth-order valence-corrected chi connectivity index (χ4v) is 2.88. The van der Waals surface area contributed by atoms with E-state index < -0.39 is 0 Å². The van der Waals surface area contributed by atoms with Crippen LogP contribution in [0.3, 0.4) is 0 Å². The molecule has 0 aromatic heterocycles. The topological polar surface area (TPSA) is 29.5 Å². The Bertz CT molecular complexity index is 309. The largest absolute Gasteiger partial charge is 0.461 e. The second-order valence-corrected chi connectivity index (χ2v) is 6.63. The quantitative estimate of drug-likeness (QED) is 0.231. The zero-order valence-electron chi connectivity index (χ0n) is 16.0. The molecule has 0 fully saturated rings. The van der Waals surface area contributed by atoms with Crippen molar-refractivity contribution in [3.8, 4) is 0 Å². The number of unbranched alkanes of at least 4 members (excludes halogenated alkanes) is 5. The SMILES string of the molecule is C=C(C)C(=O)OCC(CCCCCCCC)N(CCC)CCC. The molecule has 0 heterocycles. The number of rotatable bonds is 15. The smallest absolute Gasteiger partial charge is 0.333 e. The number of nitrogens with zero attached hydrogens (tertiary/aromatic N) is 1. The lowest BCUT2D eigenvalue weighted by atomic mass is 10.0. The molecule has 23 heavy (non-hydrogen) atoms. The van der Waals surface area contributed by atoms with Gasteiger partial charge in [0.05, 0.1) is 0 Å². The lowest BCUT2D eigenvalue weighted by Gasteiger charge is -2.31. The number of esters is 1. The first-order valence-electron chi connectivity index (χ1n) is 9.63. The van der Waals surface area contributed by atoms with Crippen LogP contribution >= 0.6 is 0 Å². The maximum Gasteiger partial charge on any atom is 0.333 e. The fourth-order valence-electron chi connectivity index (χ4n) is 2.88. The first-order valence-corrected chi connectivity index (χ1v) is 9.63. The number of ether oxygens (including phenoxy) is 1. The Hall–Kier alpha value is -0.830. The zero-order chi connectivity index (χ0) is 17.5. The predicted molar refractivity (Wildman–Crippen MR) is 99.7 cm³/mol. The highest BCUT2D eigenvalue weighted by atomic mass is 16.5. The van der Waals surface area contributed by atoms with Crippen LogP contribution in [0.15, 0.2) is 12.2 Å². The summed E-state index contributed by atoms with van der Waals surface area (Å²) >= 11 is 0. The summed E-state index contributed by atoms with van der Waals surface area (Å²) in [5.41, 5.74) is 0.487. The van der Waals surface area contributed by atoms with Gasteiger partial charge in [0.1, 0.15) is 6.61 Å². The van der Waals surface area contributed by atoms with Crippen molar-refractivity contribution in [1.29, 1.82) is 0 Å². The number of hydrogen-bond donors (Lipinski definition) is 0. The van der Waals surface area contributed by atoms with Gasteiger partial charge in [-0.25, -0.2) is 4.79 Å². The number of hydrogen-bond acceptors (Lipinski definition) is 3. The first kappa shape index (κ1) is 22.2. The molecule has 0 aliphatic rings. The molecule has 136 valence electrons. The molecular formula is C20H39NO2. The summed E-state index contributed by atoms with van der Waals surface area (Å²) in [5.74, 6) is -0.258. The minimum absolute atomic E-state index is 0.258. The molecule has 0 aromatic carbocycles. The van der Waals surface area contributed by atoms with Gasteiger partial charge in [-0.3, -0.25) is 4.90 Å². The molecule has 0 bridgehead atoms. The van der Waals surface area contributed by atoms with Crippen LogP contribution in [0.5, 0.6) is 0 Å². The molecule has 0 amide bonds. The molecule has 0 spiro atoms. The summed E-state index contributed by atoms with van der Waals surface area (Å²) in [6.07, 6.45) is 11.2. The highest BCUT2D eigenvalue weighted by Crippen LogP contribution is 2.14. The summed E-state index contributed by atoms with van der Waals surface area (Å²) < 4.78 is 5.45. The third-order valence-electron chi connectivity index (χ3n) is 4.18. The average molecular weight is 326 g/mol. The van der Waals surface area contributed by atoms with Crippen molar-refractivity contribution < 1.29 is 9.53 Å². The van der Waals surface area contributed by atoms with Gasteiger partial charge in [-0.15, -0.1) is 0 Å². The second-order valence-electron chi connectivity index (χ2n) is 6.63. The van der Waals surface area contributed by atoms with E-state index in [1.54, 1.807) is 6.92 Å². The third kappa shape index (κ3) is 11.4. The van der Waals surface area contributed by atoms with E-state index >= 15 is 0 Å². The standard InChI is InChI=1S/C20H39NO2/c1-6-9-10-11-12-13-14-19(17-23-20(22)18(4)5)21(15-7-2)16-8-3/h19H,4,6-17H2,1-3,5H3. The van der Waals surface area contributed by atoms with Crippen molar-refractivity contribution in [2.24, 2.45) is 0 Å². The van der Waals surface area contributed by atoms with E-state index in [9.17, 15) is 4.79 Å². The van der Waals surface area contributed by atoms with Crippen LogP contribution in [-0.4, -0.2) is 36.6 Å². The van der Waals surface area contributed by atoms with E-state index in [4.69, 9.17) is 4.74 Å². The van der Waals surface area contributed by atoms with Gasteiger partial charge in [0.25, 0.3) is 0 Å². The molecule has 3 heteroatoms. The van der Waals surface area contributed by atoms with Crippen molar-refractivity contribution in [1.82, 2.24) is 4.90 Å². The average Bonchev–Trinajstić information content (AvgIpc) is 2.53. The van der Waals surface area contributed by atoms with E-state index in [1.807, 2.05) is 0 Å². The lowest BCUT2D eigenvalue weighted by molar-refractivity contribution is -0.140. The molecule has 3 nitrogen and oxygen atoms in total. The Balaban J connectivity index is 4.39. The van der Waals surface area contributed by atoms with E-state index in [2.05, 4.69) is 32.3 Å². The van der Waals surface area contributed by atoms with Gasteiger partial charge < -0.3 is 4.74 Å². The van der Waals surface area contributed by atoms with Gasteiger partial charge in [0.15, 0.2) is 0 Å². The van der Waals surface area contributed by atoms with Crippen molar-refractivity contribution in [2.45, 2.75) is 91.5 Å². The van der Waals surface area contributed by atoms with Crippen molar-refractivity contribution in [2.75, 3.05) is 19.7 Å². The van der Waals surface area contributed by atoms with E-state index in [1.165, 1.54) is 38.5 Å². The van der Waals surface area contributed by atoms with Crippen LogP contribution in [0.2, 0.25) is 0 Å². The minimum atomic E-state index is -0.258. The van der Waals surface area contributed by atoms with Gasteiger partial charge in [-0.2, -0.15) is 0 Å². The summed E-state index contributed by atoms with van der Waals surface area (Å²) in [7, 11) is 0. The van der Waals surface area contributed by atoms with Crippen LogP contribution in [-0.2, 0) is 9.53 Å². The molecule has 0 rings (SSSR count). The van der Waals surface area contributed by atoms with Gasteiger partial charge >= 0.3 is 5.97 Å². The monoisotopic (exact) mass is 325 g/mol. The Morgan fingerprint density at radius 2 is 1.52 bits per heavy atom. The molecule has 0 saturated heterocycles. The summed E-state index contributed by atoms with van der Waals surface area (Å²) in [5, 5.41) is 0. The Morgan fingerprint density at radius 3 is 2.04 bits per heavy atom. The van der Waals surface area contributed by atoms with Crippen LogP contribution in [0, 0.1) is 0 Å². The summed E-state index contributed by atoms with van der Waals surface area (Å²) in [4.78, 5) is 14.2. The highest BCUT2D eigenvalue weighted by Gasteiger charge is 2.19. The highest BCUT2D eigenvalue weighted by molar-refractivity contribution is 5.86. The van der Waals surface area contributed by atoms with Crippen LogP contribution < -0.4 is 0 Å². The zero-order valence-corrected chi connectivity index (χ0v) is 16.0. The summed E-state index contributed by atoms with van der Waals surface area (Å²) in [6, 6.07) is 0.351. The first-order chi connectivity index (χ1) is 11.1. The minimum Gasteiger partial charge on any atom is -0.461 e. The molecular weight excluding hydrogens is 286 g/mol. The van der Waals surface area contributed by atoms with E-state index in [0.29, 0.717) is 18.2 Å². The van der Waals surface area contributed by atoms with Gasteiger partial charge in [0, 0.05) is 11.6 Å². The van der Waals surface area contributed by atoms with Crippen molar-refractivity contribution in [3.05, 3.63) is 12.2 Å². The third-order valence-corrected chi connectivity index (χ3v) is 4.18. The molecule has 0 N–H and O–H groups in total. The fraction of sp³-hybridized carbons (Fsp3) is 0.850. The molecule has 0 aromatic rings. The van der Waals surface area contributed by atoms with Crippen molar-refractivity contribution in [3.63, 3.8) is 0 Å². The molecule has 1 unspecified atom stereocenters. The Labute approximate surface area is 144 Å². The van der Waals surface area contributed by atoms with Crippen LogP contribution in [0.4, 0.5) is 0 Å². The predicted octanol–water partition coefficient (Wildman–Crippen LogP) is 5.35. The Morgan fingerprint density at radius 1 is 0.957 bits per heavy atom. The van der Waals surface area contributed by atoms with Crippen molar-refractivity contribution >= 4 is 5.97 Å². The molecule has 0 saturated carbocycles. The second kappa shape index (κ2) is 14.7. The number of carbonyl (C=O) groups excluding carboxylic acids is 1. The van der Waals surface area contributed by atoms with Crippen LogP contribution in [0.1, 0.15) is 85.5 Å². The van der Waals surface area contributed by atoms with E-state index in [-0.39, 0.29) is 5.97 Å². The molecule has 0 aliphatic heterocycles. The molecule has 1 atom stereocenters. The van der Waals surface area contributed by atoms with Gasteiger partial charge in [-0.05, 0) is 39.3 Å². The lowest BCUT2D eigenvalue weighted by Crippen LogP contribution is -2.40. The van der Waals surface area contributed by atoms with E-state index in [0.717, 1.165) is 32.4 Å². The molecule has 0 aliphatic carbocycles. The normalized spacial score (nSPS) is 12.4. The number of carbonyl (C=O) groups is 1. The van der Waals surface area contributed by atoms with Crippen LogP contribution in [0.25, 0.3) is 0 Å². The summed E-state index contributed by atoms with van der Waals surface area (Å²) in [6.45, 7) is 14.7. The van der Waals surface area contributed by atoms with Gasteiger partial charge in [-0.1, -0.05) is 65.9 Å².